The van der Waals surface area contributed by atoms with Crippen LogP contribution in [-0.4, -0.2) is 46.2 Å². The number of hydrogen-bond donors (Lipinski definition) is 0. The van der Waals surface area contributed by atoms with Crippen molar-refractivity contribution in [3.05, 3.63) is 15.6 Å². The Hall–Kier alpha value is -1.43. The second-order valence-electron chi connectivity index (χ2n) is 6.65. The fourth-order valence-electron chi connectivity index (χ4n) is 3.07. The monoisotopic (exact) mass is 337 g/mol. The Labute approximate surface area is 142 Å². The number of aromatic nitrogens is 1. The molecule has 1 aromatic rings. The third kappa shape index (κ3) is 3.57. The summed E-state index contributed by atoms with van der Waals surface area (Å²) in [5.74, 6) is 0.408. The van der Waals surface area contributed by atoms with Crippen molar-refractivity contribution in [3.63, 3.8) is 0 Å². The second kappa shape index (κ2) is 6.99. The zero-order valence-corrected chi connectivity index (χ0v) is 15.7. The molecule has 0 radical (unpaired) electrons. The molecule has 0 N–H and O–H groups in total. The lowest BCUT2D eigenvalue weighted by Crippen LogP contribution is -2.46. The van der Waals surface area contributed by atoms with Crippen molar-refractivity contribution in [1.29, 1.82) is 0 Å². The Balaban J connectivity index is 2.17. The number of likely N-dealkylation sites (tertiary alicyclic amines) is 1. The van der Waals surface area contributed by atoms with Crippen LogP contribution in [0.25, 0.3) is 0 Å². The van der Waals surface area contributed by atoms with Gasteiger partial charge in [0.2, 0.25) is 11.8 Å². The van der Waals surface area contributed by atoms with Crippen LogP contribution in [0.15, 0.2) is 0 Å². The number of nitrogens with zero attached hydrogens (tertiary/aromatic N) is 3. The summed E-state index contributed by atoms with van der Waals surface area (Å²) < 4.78 is 0. The molecule has 1 aliphatic heterocycles. The van der Waals surface area contributed by atoms with Crippen molar-refractivity contribution in [1.82, 2.24) is 14.8 Å². The minimum Gasteiger partial charge on any atom is -0.336 e. The van der Waals surface area contributed by atoms with E-state index >= 15 is 0 Å². The first-order valence-corrected chi connectivity index (χ1v) is 9.06. The molecule has 6 heteroatoms. The number of thiazole rings is 1. The summed E-state index contributed by atoms with van der Waals surface area (Å²) in [4.78, 5) is 33.8. The van der Waals surface area contributed by atoms with Crippen molar-refractivity contribution < 1.29 is 9.59 Å². The molecule has 0 aromatic carbocycles. The number of aryl methyl sites for hydroxylation is 1. The fourth-order valence-corrected chi connectivity index (χ4v) is 4.23. The van der Waals surface area contributed by atoms with E-state index in [9.17, 15) is 9.59 Å². The third-order valence-electron chi connectivity index (χ3n) is 4.59. The number of likely N-dealkylation sites (N-methyl/N-ethyl adjacent to an activating group) is 1. The molecule has 128 valence electrons. The zero-order chi connectivity index (χ0) is 17.3. The highest BCUT2D eigenvalue weighted by atomic mass is 32.1. The number of amides is 2. The molecule has 1 aliphatic rings. The molecule has 2 amide bonds. The van der Waals surface area contributed by atoms with Crippen molar-refractivity contribution in [2.75, 3.05) is 13.6 Å². The van der Waals surface area contributed by atoms with Crippen LogP contribution in [0.2, 0.25) is 0 Å². The van der Waals surface area contributed by atoms with Crippen molar-refractivity contribution >= 4 is 23.2 Å². The van der Waals surface area contributed by atoms with Crippen LogP contribution in [0.5, 0.6) is 0 Å². The normalized spacial score (nSPS) is 19.3. The standard InChI is InChI=1S/C17H27N3O2S/c1-10(2)16-18-11(3)15(23-16)12(4)19(6)17(22)14-8-7-9-20(14)13(5)21/h10,12,14H,7-9H2,1-6H3/t12?,14-/m0/s1. The van der Waals surface area contributed by atoms with Crippen molar-refractivity contribution in [2.45, 2.75) is 65.5 Å². The molecule has 2 heterocycles. The van der Waals surface area contributed by atoms with E-state index in [0.29, 0.717) is 12.5 Å². The summed E-state index contributed by atoms with van der Waals surface area (Å²) in [6.45, 7) is 10.5. The van der Waals surface area contributed by atoms with Gasteiger partial charge < -0.3 is 9.80 Å². The van der Waals surface area contributed by atoms with Gasteiger partial charge in [-0.3, -0.25) is 9.59 Å². The lowest BCUT2D eigenvalue weighted by molar-refractivity contribution is -0.143. The molecule has 2 rings (SSSR count). The quantitative estimate of drug-likeness (QED) is 0.848. The molecule has 1 saturated heterocycles. The Morgan fingerprint density at radius 1 is 1.35 bits per heavy atom. The van der Waals surface area contributed by atoms with Gasteiger partial charge in [0.1, 0.15) is 6.04 Å². The van der Waals surface area contributed by atoms with Crippen LogP contribution in [-0.2, 0) is 9.59 Å². The van der Waals surface area contributed by atoms with Gasteiger partial charge in [-0.15, -0.1) is 11.3 Å². The summed E-state index contributed by atoms with van der Waals surface area (Å²) in [5.41, 5.74) is 1.00. The average molecular weight is 337 g/mol. The number of rotatable bonds is 4. The predicted octanol–water partition coefficient (Wildman–Crippen LogP) is 3.11. The number of carbonyl (C=O) groups excluding carboxylic acids is 2. The van der Waals surface area contributed by atoms with Crippen LogP contribution in [0.1, 0.15) is 68.1 Å². The summed E-state index contributed by atoms with van der Waals surface area (Å²) in [6.07, 6.45) is 1.66. The van der Waals surface area contributed by atoms with Gasteiger partial charge in [-0.1, -0.05) is 13.8 Å². The second-order valence-corrected chi connectivity index (χ2v) is 7.71. The zero-order valence-electron chi connectivity index (χ0n) is 14.9. The van der Waals surface area contributed by atoms with Gasteiger partial charge in [0, 0.05) is 31.3 Å². The molecule has 23 heavy (non-hydrogen) atoms. The molecule has 1 aromatic heterocycles. The van der Waals surface area contributed by atoms with E-state index in [1.54, 1.807) is 21.1 Å². The van der Waals surface area contributed by atoms with E-state index in [2.05, 4.69) is 18.8 Å². The highest BCUT2D eigenvalue weighted by Gasteiger charge is 2.36. The predicted molar refractivity (Wildman–Crippen MR) is 92.5 cm³/mol. The Morgan fingerprint density at radius 3 is 2.52 bits per heavy atom. The molecular formula is C17H27N3O2S. The number of hydrogen-bond acceptors (Lipinski definition) is 4. The maximum atomic E-state index is 12.8. The number of carbonyl (C=O) groups is 2. The molecular weight excluding hydrogens is 310 g/mol. The minimum absolute atomic E-state index is 0.0158. The van der Waals surface area contributed by atoms with Crippen LogP contribution in [0.3, 0.4) is 0 Å². The van der Waals surface area contributed by atoms with Crippen LogP contribution in [0.4, 0.5) is 0 Å². The van der Waals surface area contributed by atoms with E-state index < -0.39 is 0 Å². The van der Waals surface area contributed by atoms with Gasteiger partial charge in [-0.05, 0) is 26.7 Å². The minimum atomic E-state index is -0.308. The molecule has 0 aliphatic carbocycles. The molecule has 1 unspecified atom stereocenters. The highest BCUT2D eigenvalue weighted by molar-refractivity contribution is 7.11. The summed E-state index contributed by atoms with van der Waals surface area (Å²) >= 11 is 1.69. The average Bonchev–Trinajstić information content (AvgIpc) is 3.11. The van der Waals surface area contributed by atoms with Crippen LogP contribution < -0.4 is 0 Å². The van der Waals surface area contributed by atoms with Gasteiger partial charge in [-0.25, -0.2) is 4.98 Å². The first-order valence-electron chi connectivity index (χ1n) is 8.25. The summed E-state index contributed by atoms with van der Waals surface area (Å²) in [6, 6.07) is -0.334. The van der Waals surface area contributed by atoms with Gasteiger partial charge >= 0.3 is 0 Å². The molecule has 0 bridgehead atoms. The topological polar surface area (TPSA) is 53.5 Å². The molecule has 0 spiro atoms. The van der Waals surface area contributed by atoms with E-state index in [1.165, 1.54) is 6.92 Å². The first-order chi connectivity index (χ1) is 10.7. The van der Waals surface area contributed by atoms with Crippen LogP contribution >= 0.6 is 11.3 Å². The van der Waals surface area contributed by atoms with E-state index in [0.717, 1.165) is 28.4 Å². The Morgan fingerprint density at radius 2 is 2.00 bits per heavy atom. The Bertz CT molecular complexity index is 597. The highest BCUT2D eigenvalue weighted by Crippen LogP contribution is 2.33. The summed E-state index contributed by atoms with van der Waals surface area (Å²) in [5, 5.41) is 1.11. The van der Waals surface area contributed by atoms with E-state index in [1.807, 2.05) is 20.9 Å². The molecule has 2 atom stereocenters. The summed E-state index contributed by atoms with van der Waals surface area (Å²) in [7, 11) is 1.83. The lowest BCUT2D eigenvalue weighted by atomic mass is 10.1. The lowest BCUT2D eigenvalue weighted by Gasteiger charge is -2.31. The van der Waals surface area contributed by atoms with E-state index in [-0.39, 0.29) is 23.9 Å². The van der Waals surface area contributed by atoms with Gasteiger partial charge in [0.15, 0.2) is 0 Å². The first kappa shape index (κ1) is 17.9. The maximum Gasteiger partial charge on any atom is 0.245 e. The van der Waals surface area contributed by atoms with Gasteiger partial charge in [0.25, 0.3) is 0 Å². The molecule has 1 fully saturated rings. The third-order valence-corrected chi connectivity index (χ3v) is 6.22. The Kier molecular flexibility index (Phi) is 5.45. The molecule has 0 saturated carbocycles. The molecule has 5 nitrogen and oxygen atoms in total. The van der Waals surface area contributed by atoms with Crippen LogP contribution in [0, 0.1) is 6.92 Å². The SMILES string of the molecule is CC(=O)N1CCC[C@H]1C(=O)N(C)C(C)c1sc(C(C)C)nc1C. The van der Waals surface area contributed by atoms with Gasteiger partial charge in [-0.2, -0.15) is 0 Å². The maximum absolute atomic E-state index is 12.8. The van der Waals surface area contributed by atoms with Crippen molar-refractivity contribution in [2.24, 2.45) is 0 Å². The van der Waals surface area contributed by atoms with Crippen molar-refractivity contribution in [3.8, 4) is 0 Å². The fraction of sp³-hybridized carbons (Fsp3) is 0.706. The largest absolute Gasteiger partial charge is 0.336 e. The van der Waals surface area contributed by atoms with E-state index in [4.69, 9.17) is 0 Å². The smallest absolute Gasteiger partial charge is 0.245 e. The van der Waals surface area contributed by atoms with Gasteiger partial charge in [0.05, 0.1) is 16.7 Å².